The average Bonchev–Trinajstić information content (AvgIpc) is 3.64. The molecular weight excluding hydrogens is 655 g/mol. The molecule has 1 aromatic heterocycles. The highest BCUT2D eigenvalue weighted by molar-refractivity contribution is 9.10. The van der Waals surface area contributed by atoms with E-state index in [2.05, 4.69) is 26.2 Å². The number of rotatable bonds is 10. The molecule has 2 fully saturated rings. The van der Waals surface area contributed by atoms with E-state index < -0.39 is 40.1 Å². The standard InChI is InChI=1S/C26H32BrCl3N2O8/c1-12(6-17-23(36)22(35)16(11-38-17)8-18-24(39-18)13(2)14(3)33)7-21(34)32-10-19(40-25(37)26(28,29)30)15-4-5-20(27)31-9-15/h4-5,7,9-10,13-14,16-18,22-24,33,35-36H,6,8,11H2,1-3H3,(H,32,34)/b12-7+,19-10+/t13-,14-,16-,17-,18-,22+,23-,24-/m0/s1. The number of epoxide rings is 1. The monoisotopic (exact) mass is 684 g/mol. The summed E-state index contributed by atoms with van der Waals surface area (Å²) in [6, 6.07) is 3.17. The van der Waals surface area contributed by atoms with Gasteiger partial charge in [-0.2, -0.15) is 0 Å². The Labute approximate surface area is 255 Å². The van der Waals surface area contributed by atoms with E-state index in [1.165, 1.54) is 12.3 Å². The first-order valence-electron chi connectivity index (χ1n) is 12.6. The molecule has 0 spiro atoms. The lowest BCUT2D eigenvalue weighted by Gasteiger charge is -2.38. The number of amides is 1. The molecule has 222 valence electrons. The number of ether oxygens (including phenoxy) is 3. The highest BCUT2D eigenvalue weighted by Crippen LogP contribution is 2.38. The molecule has 40 heavy (non-hydrogen) atoms. The Morgan fingerprint density at radius 2 is 1.95 bits per heavy atom. The molecule has 1 amide bonds. The molecule has 0 radical (unpaired) electrons. The number of hydrogen-bond acceptors (Lipinski definition) is 9. The van der Waals surface area contributed by atoms with E-state index in [0.29, 0.717) is 22.2 Å². The van der Waals surface area contributed by atoms with Crippen LogP contribution in [0.1, 0.15) is 39.2 Å². The van der Waals surface area contributed by atoms with Crippen LogP contribution in [0.4, 0.5) is 0 Å². The first-order chi connectivity index (χ1) is 18.7. The van der Waals surface area contributed by atoms with Crippen LogP contribution in [0.5, 0.6) is 0 Å². The van der Waals surface area contributed by atoms with Crippen molar-refractivity contribution in [3.63, 3.8) is 0 Å². The number of alkyl halides is 3. The predicted molar refractivity (Wildman–Crippen MR) is 152 cm³/mol. The fourth-order valence-electron chi connectivity index (χ4n) is 4.34. The first-order valence-corrected chi connectivity index (χ1v) is 14.5. The Morgan fingerprint density at radius 1 is 1.25 bits per heavy atom. The third-order valence-electron chi connectivity index (χ3n) is 6.87. The molecule has 3 heterocycles. The topological polar surface area (TPSA) is 151 Å². The van der Waals surface area contributed by atoms with Gasteiger partial charge in [-0.05, 0) is 54.8 Å². The van der Waals surface area contributed by atoms with Crippen LogP contribution in [0.2, 0.25) is 0 Å². The Hall–Kier alpha value is -1.28. The second-order valence-corrected chi connectivity index (χ2v) is 13.2. The number of esters is 1. The molecule has 10 nitrogen and oxygen atoms in total. The van der Waals surface area contributed by atoms with Gasteiger partial charge in [-0.1, -0.05) is 47.3 Å². The zero-order valence-corrected chi connectivity index (χ0v) is 25.8. The maximum Gasteiger partial charge on any atom is 0.364 e. The zero-order chi connectivity index (χ0) is 29.8. The summed E-state index contributed by atoms with van der Waals surface area (Å²) in [5.41, 5.74) is 0.902. The third kappa shape index (κ3) is 9.37. The molecular formula is C26H32BrCl3N2O8. The van der Waals surface area contributed by atoms with Gasteiger partial charge < -0.3 is 34.8 Å². The minimum atomic E-state index is -2.34. The number of carbonyl (C=O) groups excluding carboxylic acids is 2. The van der Waals surface area contributed by atoms with Gasteiger partial charge in [-0.15, -0.1) is 0 Å². The Morgan fingerprint density at radius 3 is 2.55 bits per heavy atom. The van der Waals surface area contributed by atoms with Gasteiger partial charge in [-0.3, -0.25) is 4.79 Å². The molecule has 4 N–H and O–H groups in total. The van der Waals surface area contributed by atoms with Crippen molar-refractivity contribution in [2.75, 3.05) is 6.61 Å². The molecule has 8 atom stereocenters. The normalized spacial score (nSPS) is 28.9. The summed E-state index contributed by atoms with van der Waals surface area (Å²) in [4.78, 5) is 28.7. The number of halogens is 4. The summed E-state index contributed by atoms with van der Waals surface area (Å²) >= 11 is 20.0. The van der Waals surface area contributed by atoms with Gasteiger partial charge in [0.05, 0.1) is 37.1 Å². The van der Waals surface area contributed by atoms with Gasteiger partial charge in [-0.25, -0.2) is 9.78 Å². The number of aromatic nitrogens is 1. The average molecular weight is 687 g/mol. The second kappa shape index (κ2) is 14.3. The van der Waals surface area contributed by atoms with Crippen LogP contribution in [0.25, 0.3) is 5.76 Å². The Balaban J connectivity index is 1.57. The lowest BCUT2D eigenvalue weighted by atomic mass is 9.85. The fourth-order valence-corrected chi connectivity index (χ4v) is 4.69. The number of nitrogens with zero attached hydrogens (tertiary/aromatic N) is 1. The van der Waals surface area contributed by atoms with Gasteiger partial charge in [0.1, 0.15) is 10.7 Å². The molecule has 2 aliphatic heterocycles. The molecule has 0 bridgehead atoms. The van der Waals surface area contributed by atoms with E-state index >= 15 is 0 Å². The molecule has 2 saturated heterocycles. The highest BCUT2D eigenvalue weighted by Gasteiger charge is 2.48. The molecule has 0 saturated carbocycles. The van der Waals surface area contributed by atoms with E-state index in [1.54, 1.807) is 26.0 Å². The number of pyridine rings is 1. The maximum atomic E-state index is 12.6. The first kappa shape index (κ1) is 33.2. The van der Waals surface area contributed by atoms with Crippen molar-refractivity contribution in [2.24, 2.45) is 11.8 Å². The number of aliphatic hydroxyl groups is 3. The second-order valence-electron chi connectivity index (χ2n) is 10.1. The Kier molecular flexibility index (Phi) is 11.8. The third-order valence-corrected chi connectivity index (χ3v) is 7.80. The predicted octanol–water partition coefficient (Wildman–Crippen LogP) is 3.42. The van der Waals surface area contributed by atoms with Gasteiger partial charge in [0, 0.05) is 35.9 Å². The summed E-state index contributed by atoms with van der Waals surface area (Å²) < 4.78 is 14.8. The van der Waals surface area contributed by atoms with E-state index in [9.17, 15) is 24.9 Å². The van der Waals surface area contributed by atoms with Crippen molar-refractivity contribution >= 4 is 68.4 Å². The number of carbonyl (C=O) groups is 2. The van der Waals surface area contributed by atoms with Crippen LogP contribution >= 0.6 is 50.7 Å². The van der Waals surface area contributed by atoms with E-state index in [0.717, 1.165) is 6.20 Å². The van der Waals surface area contributed by atoms with Crippen LogP contribution in [0.15, 0.2) is 40.8 Å². The SMILES string of the molecule is C/C(=C\C(=O)N/C=C(/OC(=O)C(Cl)(Cl)Cl)c1ccc(Br)nc1)C[C@@H]1OC[C@H](C[C@@H]2O[C@H]2[C@@H](C)[C@H](C)O)[C@@H](O)[C@H]1O. The highest BCUT2D eigenvalue weighted by atomic mass is 79.9. The van der Waals surface area contributed by atoms with Crippen molar-refractivity contribution in [1.82, 2.24) is 10.3 Å². The van der Waals surface area contributed by atoms with Crippen LogP contribution < -0.4 is 5.32 Å². The number of hydrogen-bond donors (Lipinski definition) is 4. The van der Waals surface area contributed by atoms with Crippen molar-refractivity contribution in [1.29, 1.82) is 0 Å². The van der Waals surface area contributed by atoms with Crippen LogP contribution in [-0.2, 0) is 23.8 Å². The smallest absolute Gasteiger partial charge is 0.364 e. The van der Waals surface area contributed by atoms with Crippen LogP contribution in [-0.4, -0.2) is 79.2 Å². The van der Waals surface area contributed by atoms with Gasteiger partial charge >= 0.3 is 5.97 Å². The van der Waals surface area contributed by atoms with Crippen LogP contribution in [0, 0.1) is 11.8 Å². The largest absolute Gasteiger partial charge is 0.421 e. The summed E-state index contributed by atoms with van der Waals surface area (Å²) in [7, 11) is 0. The minimum Gasteiger partial charge on any atom is -0.421 e. The molecule has 14 heteroatoms. The molecule has 0 aliphatic carbocycles. The zero-order valence-electron chi connectivity index (χ0n) is 22.0. The van der Waals surface area contributed by atoms with Gasteiger partial charge in [0.25, 0.3) is 3.79 Å². The number of nitrogens with one attached hydrogen (secondary N) is 1. The fraction of sp³-hybridized carbons (Fsp3) is 0.577. The molecule has 3 rings (SSSR count). The summed E-state index contributed by atoms with van der Waals surface area (Å²) in [6.07, 6.45) is 0.945. The van der Waals surface area contributed by atoms with E-state index in [-0.39, 0.29) is 42.8 Å². The maximum absolute atomic E-state index is 12.6. The number of aliphatic hydroxyl groups excluding tert-OH is 3. The van der Waals surface area contributed by atoms with Crippen molar-refractivity contribution in [3.8, 4) is 0 Å². The van der Waals surface area contributed by atoms with E-state index in [1.807, 2.05) is 6.92 Å². The lowest BCUT2D eigenvalue weighted by molar-refractivity contribution is -0.165. The quantitative estimate of drug-likeness (QED) is 0.0725. The lowest BCUT2D eigenvalue weighted by Crippen LogP contribution is -2.50. The van der Waals surface area contributed by atoms with Crippen molar-refractivity contribution in [2.45, 2.75) is 74.0 Å². The molecule has 0 unspecified atom stereocenters. The summed E-state index contributed by atoms with van der Waals surface area (Å²) in [5.74, 6) is -2.18. The summed E-state index contributed by atoms with van der Waals surface area (Å²) in [5, 5.41) is 33.6. The van der Waals surface area contributed by atoms with Crippen LogP contribution in [0.3, 0.4) is 0 Å². The Bertz CT molecular complexity index is 1110. The minimum absolute atomic E-state index is 0.0256. The van der Waals surface area contributed by atoms with E-state index in [4.69, 9.17) is 49.0 Å². The van der Waals surface area contributed by atoms with Gasteiger partial charge in [0.15, 0.2) is 5.76 Å². The van der Waals surface area contributed by atoms with Crippen molar-refractivity contribution < 1.29 is 39.1 Å². The molecule has 2 aliphatic rings. The van der Waals surface area contributed by atoms with Crippen molar-refractivity contribution in [3.05, 3.63) is 46.3 Å². The molecule has 0 aromatic carbocycles. The summed E-state index contributed by atoms with van der Waals surface area (Å²) in [6.45, 7) is 5.52. The molecule has 1 aromatic rings. The van der Waals surface area contributed by atoms with Gasteiger partial charge in [0.2, 0.25) is 5.91 Å².